The molecule has 1 aliphatic carbocycles. The van der Waals surface area contributed by atoms with Gasteiger partial charge in [-0.3, -0.25) is 10.1 Å². The van der Waals surface area contributed by atoms with Gasteiger partial charge in [0.05, 0.1) is 9.95 Å². The maximum Gasteiger partial charge on any atom is 0.294 e. The first kappa shape index (κ1) is 13.1. The molecule has 1 N–H and O–H groups in total. The first-order valence-electron chi connectivity index (χ1n) is 5.73. The molecule has 1 saturated carbocycles. The lowest BCUT2D eigenvalue weighted by Crippen LogP contribution is -2.33. The number of nitro groups is 1. The molecule has 0 amide bonds. The fourth-order valence-electron chi connectivity index (χ4n) is 2.04. The fourth-order valence-corrected chi connectivity index (χ4v) is 2.20. The van der Waals surface area contributed by atoms with Crippen molar-refractivity contribution in [2.75, 3.05) is 5.32 Å². The van der Waals surface area contributed by atoms with Crippen LogP contribution in [0.1, 0.15) is 26.7 Å². The Morgan fingerprint density at radius 1 is 1.50 bits per heavy atom. The molecule has 0 heterocycles. The van der Waals surface area contributed by atoms with Crippen molar-refractivity contribution in [1.29, 1.82) is 0 Å². The molecular formula is C12H14ClFN2O2. The number of nitro benzene ring substituents is 1. The van der Waals surface area contributed by atoms with Crippen LogP contribution in [0.2, 0.25) is 5.02 Å². The SMILES string of the molecule is CC(C)(Nc1cc(F)c(Cl)cc1[N+](=O)[O-])C1CC1. The van der Waals surface area contributed by atoms with E-state index >= 15 is 0 Å². The van der Waals surface area contributed by atoms with Gasteiger partial charge in [0, 0.05) is 17.7 Å². The number of anilines is 1. The highest BCUT2D eigenvalue weighted by Gasteiger charge is 2.38. The van der Waals surface area contributed by atoms with Gasteiger partial charge in [0.1, 0.15) is 11.5 Å². The van der Waals surface area contributed by atoms with Gasteiger partial charge in [0.2, 0.25) is 0 Å². The Morgan fingerprint density at radius 2 is 2.11 bits per heavy atom. The van der Waals surface area contributed by atoms with Gasteiger partial charge in [-0.05, 0) is 32.6 Å². The predicted octanol–water partition coefficient (Wildman–Crippen LogP) is 3.99. The van der Waals surface area contributed by atoms with Crippen LogP contribution in [0.15, 0.2) is 12.1 Å². The van der Waals surface area contributed by atoms with Gasteiger partial charge < -0.3 is 5.32 Å². The Hall–Kier alpha value is -1.36. The van der Waals surface area contributed by atoms with E-state index < -0.39 is 10.7 Å². The standard InChI is InChI=1S/C12H14ClFN2O2/c1-12(2,7-3-4-7)15-10-6-9(14)8(13)5-11(10)16(17)18/h5-7,15H,3-4H2,1-2H3. The lowest BCUT2D eigenvalue weighted by molar-refractivity contribution is -0.384. The Bertz CT molecular complexity index is 501. The van der Waals surface area contributed by atoms with Gasteiger partial charge >= 0.3 is 0 Å². The summed E-state index contributed by atoms with van der Waals surface area (Å²) in [5.74, 6) is -0.188. The van der Waals surface area contributed by atoms with Gasteiger partial charge in [-0.25, -0.2) is 4.39 Å². The van der Waals surface area contributed by atoms with Crippen molar-refractivity contribution in [3.05, 3.63) is 33.1 Å². The smallest absolute Gasteiger partial charge is 0.294 e. The van der Waals surface area contributed by atoms with Crippen molar-refractivity contribution < 1.29 is 9.31 Å². The highest BCUT2D eigenvalue weighted by Crippen LogP contribution is 2.42. The van der Waals surface area contributed by atoms with Crippen LogP contribution in [0.5, 0.6) is 0 Å². The molecule has 4 nitrogen and oxygen atoms in total. The molecule has 0 saturated heterocycles. The second-order valence-electron chi connectivity index (χ2n) is 5.16. The van der Waals surface area contributed by atoms with Gasteiger partial charge in [-0.15, -0.1) is 0 Å². The summed E-state index contributed by atoms with van der Waals surface area (Å²) in [6.07, 6.45) is 2.17. The molecule has 0 radical (unpaired) electrons. The number of nitrogens with one attached hydrogen (secondary N) is 1. The molecule has 1 aromatic carbocycles. The summed E-state index contributed by atoms with van der Waals surface area (Å²) >= 11 is 5.57. The van der Waals surface area contributed by atoms with Crippen LogP contribution in [0, 0.1) is 21.8 Å². The summed E-state index contributed by atoms with van der Waals surface area (Å²) < 4.78 is 13.4. The number of halogens is 2. The number of rotatable bonds is 4. The first-order valence-corrected chi connectivity index (χ1v) is 6.10. The average Bonchev–Trinajstić information content (AvgIpc) is 3.05. The van der Waals surface area contributed by atoms with E-state index in [9.17, 15) is 14.5 Å². The maximum absolute atomic E-state index is 13.4. The Balaban J connectivity index is 2.36. The van der Waals surface area contributed by atoms with Gasteiger partial charge in [-0.1, -0.05) is 11.6 Å². The Morgan fingerprint density at radius 3 is 2.61 bits per heavy atom. The van der Waals surface area contributed by atoms with Crippen molar-refractivity contribution in [2.24, 2.45) is 5.92 Å². The second-order valence-corrected chi connectivity index (χ2v) is 5.57. The fraction of sp³-hybridized carbons (Fsp3) is 0.500. The van der Waals surface area contributed by atoms with E-state index in [4.69, 9.17) is 11.6 Å². The van der Waals surface area contributed by atoms with E-state index in [0.717, 1.165) is 25.0 Å². The molecule has 6 heteroatoms. The van der Waals surface area contributed by atoms with Gasteiger partial charge in [0.15, 0.2) is 0 Å². The quantitative estimate of drug-likeness (QED) is 0.666. The molecule has 0 bridgehead atoms. The molecule has 0 aliphatic heterocycles. The number of benzene rings is 1. The Labute approximate surface area is 109 Å². The molecule has 1 aliphatic rings. The van der Waals surface area contributed by atoms with E-state index in [0.29, 0.717) is 5.92 Å². The van der Waals surface area contributed by atoms with Crippen LogP contribution in [-0.2, 0) is 0 Å². The third-order valence-corrected chi connectivity index (χ3v) is 3.58. The summed E-state index contributed by atoms with van der Waals surface area (Å²) in [7, 11) is 0. The number of hydrogen-bond donors (Lipinski definition) is 1. The largest absolute Gasteiger partial charge is 0.374 e. The zero-order chi connectivity index (χ0) is 13.5. The summed E-state index contributed by atoms with van der Waals surface area (Å²) in [5, 5.41) is 13.8. The van der Waals surface area contributed by atoms with Crippen molar-refractivity contribution in [3.8, 4) is 0 Å². The predicted molar refractivity (Wildman–Crippen MR) is 68.5 cm³/mol. The zero-order valence-electron chi connectivity index (χ0n) is 10.2. The molecule has 18 heavy (non-hydrogen) atoms. The molecule has 1 fully saturated rings. The number of nitrogens with zero attached hydrogens (tertiary/aromatic N) is 1. The van der Waals surface area contributed by atoms with Crippen molar-refractivity contribution in [3.63, 3.8) is 0 Å². The van der Waals surface area contributed by atoms with E-state index in [2.05, 4.69) is 5.32 Å². The molecule has 0 aromatic heterocycles. The van der Waals surface area contributed by atoms with E-state index in [1.165, 1.54) is 0 Å². The normalized spacial score (nSPS) is 15.6. The molecule has 2 rings (SSSR count). The molecule has 0 unspecified atom stereocenters. The molecule has 98 valence electrons. The van der Waals surface area contributed by atoms with Crippen molar-refractivity contribution in [1.82, 2.24) is 0 Å². The van der Waals surface area contributed by atoms with E-state index in [1.54, 1.807) is 0 Å². The van der Waals surface area contributed by atoms with Crippen LogP contribution in [0.3, 0.4) is 0 Å². The highest BCUT2D eigenvalue weighted by atomic mass is 35.5. The minimum absolute atomic E-state index is 0.179. The average molecular weight is 273 g/mol. The zero-order valence-corrected chi connectivity index (χ0v) is 10.9. The maximum atomic E-state index is 13.4. The van der Waals surface area contributed by atoms with Crippen molar-refractivity contribution >= 4 is 23.0 Å². The van der Waals surface area contributed by atoms with E-state index in [-0.39, 0.29) is 21.9 Å². The third-order valence-electron chi connectivity index (χ3n) is 3.29. The monoisotopic (exact) mass is 272 g/mol. The van der Waals surface area contributed by atoms with Crippen LogP contribution in [-0.4, -0.2) is 10.5 Å². The minimum Gasteiger partial charge on any atom is -0.374 e. The van der Waals surface area contributed by atoms with Gasteiger partial charge in [-0.2, -0.15) is 0 Å². The molecular weight excluding hydrogens is 259 g/mol. The van der Waals surface area contributed by atoms with Gasteiger partial charge in [0.25, 0.3) is 5.69 Å². The van der Waals surface area contributed by atoms with Crippen LogP contribution in [0.4, 0.5) is 15.8 Å². The van der Waals surface area contributed by atoms with E-state index in [1.807, 2.05) is 13.8 Å². The minimum atomic E-state index is -0.656. The second kappa shape index (κ2) is 4.39. The summed E-state index contributed by atoms with van der Waals surface area (Å²) in [6.45, 7) is 3.92. The number of hydrogen-bond acceptors (Lipinski definition) is 3. The first-order chi connectivity index (χ1) is 8.31. The summed E-state index contributed by atoms with van der Waals surface area (Å²) in [6, 6.07) is 2.13. The van der Waals surface area contributed by atoms with Crippen LogP contribution in [0.25, 0.3) is 0 Å². The van der Waals surface area contributed by atoms with Crippen LogP contribution >= 0.6 is 11.6 Å². The lowest BCUT2D eigenvalue weighted by Gasteiger charge is -2.27. The van der Waals surface area contributed by atoms with Crippen LogP contribution < -0.4 is 5.32 Å². The Kier molecular flexibility index (Phi) is 3.19. The molecule has 0 atom stereocenters. The molecule has 1 aromatic rings. The highest BCUT2D eigenvalue weighted by molar-refractivity contribution is 6.31. The van der Waals surface area contributed by atoms with Crippen molar-refractivity contribution in [2.45, 2.75) is 32.2 Å². The summed E-state index contributed by atoms with van der Waals surface area (Å²) in [4.78, 5) is 10.4. The lowest BCUT2D eigenvalue weighted by atomic mass is 9.98. The third kappa shape index (κ3) is 2.56. The topological polar surface area (TPSA) is 55.2 Å². The molecule has 0 spiro atoms. The summed E-state index contributed by atoms with van der Waals surface area (Å²) in [5.41, 5.74) is -0.306.